The molecule has 2 N–H and O–H groups in total. The van der Waals surface area contributed by atoms with E-state index in [0.29, 0.717) is 22.0 Å². The fourth-order valence-corrected chi connectivity index (χ4v) is 2.52. The van der Waals surface area contributed by atoms with Gasteiger partial charge in [0.05, 0.1) is 6.42 Å². The average Bonchev–Trinajstić information content (AvgIpc) is 2.67. The molecule has 1 atom stereocenters. The Labute approximate surface area is 173 Å². The number of hydrogen-bond donors (Lipinski definition) is 2. The van der Waals surface area contributed by atoms with Crippen molar-refractivity contribution >= 4 is 46.5 Å². The van der Waals surface area contributed by atoms with Gasteiger partial charge < -0.3 is 15.4 Å². The Morgan fingerprint density at radius 3 is 2.00 bits per heavy atom. The minimum atomic E-state index is -1.02. The molecule has 152 valence electrons. The van der Waals surface area contributed by atoms with E-state index in [-0.39, 0.29) is 24.5 Å². The molecule has 2 aromatic rings. The maximum absolute atomic E-state index is 12.2. The van der Waals surface area contributed by atoms with Crippen LogP contribution < -0.4 is 10.6 Å². The summed E-state index contributed by atoms with van der Waals surface area (Å²) >= 11 is 5.78. The van der Waals surface area contributed by atoms with Gasteiger partial charge in [-0.2, -0.15) is 0 Å². The van der Waals surface area contributed by atoms with Gasteiger partial charge >= 0.3 is 5.97 Å². The van der Waals surface area contributed by atoms with Crippen molar-refractivity contribution in [1.82, 2.24) is 0 Å². The Kier molecular flexibility index (Phi) is 7.91. The number of ketones is 1. The maximum atomic E-state index is 12.2. The lowest BCUT2D eigenvalue weighted by Gasteiger charge is -2.14. The second-order valence-corrected chi connectivity index (χ2v) is 6.75. The number of benzene rings is 2. The average molecular weight is 417 g/mol. The largest absolute Gasteiger partial charge is 0.453 e. The molecule has 29 heavy (non-hydrogen) atoms. The van der Waals surface area contributed by atoms with Crippen LogP contribution in [0.25, 0.3) is 0 Å². The van der Waals surface area contributed by atoms with Crippen molar-refractivity contribution in [3.63, 3.8) is 0 Å². The van der Waals surface area contributed by atoms with Crippen LogP contribution in [0.2, 0.25) is 5.02 Å². The molecule has 0 fully saturated rings. The summed E-state index contributed by atoms with van der Waals surface area (Å²) in [6.07, 6.45) is -1.19. The zero-order valence-electron chi connectivity index (χ0n) is 16.0. The highest BCUT2D eigenvalue weighted by atomic mass is 35.5. The van der Waals surface area contributed by atoms with E-state index >= 15 is 0 Å². The first-order valence-corrected chi connectivity index (χ1v) is 9.29. The van der Waals surface area contributed by atoms with E-state index in [1.807, 2.05) is 0 Å². The normalized spacial score (nSPS) is 11.3. The number of Topliss-reactive ketones (excluding diaryl/α,β-unsaturated/α-hetero) is 1. The van der Waals surface area contributed by atoms with Crippen LogP contribution in [-0.2, 0) is 19.1 Å². The predicted molar refractivity (Wildman–Crippen MR) is 110 cm³/mol. The van der Waals surface area contributed by atoms with Crippen LogP contribution in [-0.4, -0.2) is 29.7 Å². The van der Waals surface area contributed by atoms with Crippen LogP contribution in [0.3, 0.4) is 0 Å². The molecule has 0 aromatic heterocycles. The number of amides is 2. The molecule has 0 aliphatic carbocycles. The standard InChI is InChI=1S/C21H21ClN2O5/c1-13(21(28)24-18-9-7-17(8-10-18)23-14(2)25)29-20(27)12-11-19(26)15-3-5-16(22)6-4-15/h3-10,13H,11-12H2,1-2H3,(H,23,25)(H,24,28)/t13-/m1/s1. The van der Waals surface area contributed by atoms with E-state index in [1.165, 1.54) is 13.8 Å². The van der Waals surface area contributed by atoms with Crippen LogP contribution in [0.4, 0.5) is 11.4 Å². The number of carbonyl (C=O) groups excluding carboxylic acids is 4. The zero-order valence-corrected chi connectivity index (χ0v) is 16.8. The summed E-state index contributed by atoms with van der Waals surface area (Å²) in [7, 11) is 0. The predicted octanol–water partition coefficient (Wildman–Crippen LogP) is 3.83. The number of ether oxygens (including phenoxy) is 1. The third-order valence-corrected chi connectivity index (χ3v) is 4.12. The van der Waals surface area contributed by atoms with E-state index in [0.717, 1.165) is 0 Å². The summed E-state index contributed by atoms with van der Waals surface area (Å²) in [5, 5.41) is 5.75. The summed E-state index contributed by atoms with van der Waals surface area (Å²) in [6, 6.07) is 12.9. The smallest absolute Gasteiger partial charge is 0.307 e. The van der Waals surface area contributed by atoms with E-state index in [9.17, 15) is 19.2 Å². The fourth-order valence-electron chi connectivity index (χ4n) is 2.39. The molecule has 0 saturated carbocycles. The SMILES string of the molecule is CC(=O)Nc1ccc(NC(=O)[C@@H](C)OC(=O)CCC(=O)c2ccc(Cl)cc2)cc1. The first-order valence-electron chi connectivity index (χ1n) is 8.91. The molecule has 0 heterocycles. The molecule has 0 bridgehead atoms. The molecule has 0 aliphatic heterocycles. The van der Waals surface area contributed by atoms with Gasteiger partial charge in [-0.15, -0.1) is 0 Å². The van der Waals surface area contributed by atoms with Crippen molar-refractivity contribution in [2.24, 2.45) is 0 Å². The fraction of sp³-hybridized carbons (Fsp3) is 0.238. The molecule has 8 heteroatoms. The van der Waals surface area contributed by atoms with Crippen molar-refractivity contribution in [1.29, 1.82) is 0 Å². The van der Waals surface area contributed by atoms with Gasteiger partial charge in [0.2, 0.25) is 5.91 Å². The molecular weight excluding hydrogens is 396 g/mol. The monoisotopic (exact) mass is 416 g/mol. The van der Waals surface area contributed by atoms with Gasteiger partial charge in [0.1, 0.15) is 0 Å². The van der Waals surface area contributed by atoms with Crippen LogP contribution in [0.1, 0.15) is 37.0 Å². The first-order chi connectivity index (χ1) is 13.7. The van der Waals surface area contributed by atoms with Crippen molar-refractivity contribution < 1.29 is 23.9 Å². The van der Waals surface area contributed by atoms with E-state index in [2.05, 4.69) is 10.6 Å². The zero-order chi connectivity index (χ0) is 21.4. The van der Waals surface area contributed by atoms with E-state index < -0.39 is 18.0 Å². The van der Waals surface area contributed by atoms with Gasteiger partial charge in [-0.05, 0) is 55.5 Å². The molecule has 0 radical (unpaired) electrons. The van der Waals surface area contributed by atoms with Crippen LogP contribution in [0.15, 0.2) is 48.5 Å². The third kappa shape index (κ3) is 7.38. The Morgan fingerprint density at radius 1 is 0.897 bits per heavy atom. The number of nitrogens with one attached hydrogen (secondary N) is 2. The lowest BCUT2D eigenvalue weighted by atomic mass is 10.1. The topological polar surface area (TPSA) is 102 Å². The Hall–Kier alpha value is -3.19. The van der Waals surface area contributed by atoms with Gasteiger partial charge in [-0.1, -0.05) is 11.6 Å². The lowest BCUT2D eigenvalue weighted by Crippen LogP contribution is -2.30. The number of halogens is 1. The lowest BCUT2D eigenvalue weighted by molar-refractivity contribution is -0.153. The summed E-state index contributed by atoms with van der Waals surface area (Å²) in [4.78, 5) is 47.2. The van der Waals surface area contributed by atoms with Crippen LogP contribution in [0, 0.1) is 0 Å². The maximum Gasteiger partial charge on any atom is 0.307 e. The third-order valence-electron chi connectivity index (χ3n) is 3.87. The van der Waals surface area contributed by atoms with Gasteiger partial charge in [-0.25, -0.2) is 0 Å². The number of esters is 1. The van der Waals surface area contributed by atoms with Gasteiger partial charge in [0, 0.05) is 35.3 Å². The molecule has 0 saturated heterocycles. The molecular formula is C21H21ClN2O5. The van der Waals surface area contributed by atoms with Crippen LogP contribution in [0.5, 0.6) is 0 Å². The molecule has 0 aliphatic rings. The molecule has 2 amide bonds. The summed E-state index contributed by atoms with van der Waals surface area (Å²) in [6.45, 7) is 2.84. The molecule has 7 nitrogen and oxygen atoms in total. The van der Waals surface area contributed by atoms with Gasteiger partial charge in [0.25, 0.3) is 5.91 Å². The van der Waals surface area contributed by atoms with Gasteiger partial charge in [-0.3, -0.25) is 19.2 Å². The second kappa shape index (κ2) is 10.4. The molecule has 0 unspecified atom stereocenters. The van der Waals surface area contributed by atoms with Crippen molar-refractivity contribution in [2.75, 3.05) is 10.6 Å². The van der Waals surface area contributed by atoms with Crippen LogP contribution >= 0.6 is 11.6 Å². The summed E-state index contributed by atoms with van der Waals surface area (Å²) < 4.78 is 5.08. The number of carbonyl (C=O) groups is 4. The number of anilines is 2. The highest BCUT2D eigenvalue weighted by Crippen LogP contribution is 2.15. The van der Waals surface area contributed by atoms with E-state index in [1.54, 1.807) is 48.5 Å². The van der Waals surface area contributed by atoms with Crippen molar-refractivity contribution in [3.8, 4) is 0 Å². The Bertz CT molecular complexity index is 894. The number of hydrogen-bond acceptors (Lipinski definition) is 5. The molecule has 0 spiro atoms. The van der Waals surface area contributed by atoms with Crippen molar-refractivity contribution in [2.45, 2.75) is 32.8 Å². The Balaban J connectivity index is 1.79. The minimum absolute atomic E-state index is 0.0284. The number of rotatable bonds is 8. The molecule has 2 rings (SSSR count). The highest BCUT2D eigenvalue weighted by molar-refractivity contribution is 6.30. The van der Waals surface area contributed by atoms with E-state index in [4.69, 9.17) is 16.3 Å². The quantitative estimate of drug-likeness (QED) is 0.503. The van der Waals surface area contributed by atoms with Crippen molar-refractivity contribution in [3.05, 3.63) is 59.1 Å². The Morgan fingerprint density at radius 2 is 1.45 bits per heavy atom. The minimum Gasteiger partial charge on any atom is -0.453 e. The van der Waals surface area contributed by atoms with Gasteiger partial charge in [0.15, 0.2) is 11.9 Å². The molecule has 2 aromatic carbocycles. The highest BCUT2D eigenvalue weighted by Gasteiger charge is 2.19. The summed E-state index contributed by atoms with van der Waals surface area (Å²) in [5.41, 5.74) is 1.54. The summed E-state index contributed by atoms with van der Waals surface area (Å²) in [5.74, 6) is -1.56. The second-order valence-electron chi connectivity index (χ2n) is 6.31. The first kappa shape index (κ1) is 22.1.